The van der Waals surface area contributed by atoms with Crippen molar-refractivity contribution in [1.82, 2.24) is 0 Å². The first-order chi connectivity index (χ1) is 16.8. The summed E-state index contributed by atoms with van der Waals surface area (Å²) in [7, 11) is -0.665. The van der Waals surface area contributed by atoms with E-state index in [0.29, 0.717) is 4.99 Å². The number of nitrogens with zero attached hydrogens (tertiary/aromatic N) is 2. The van der Waals surface area contributed by atoms with Crippen LogP contribution in [0.15, 0.2) is 121 Å². The van der Waals surface area contributed by atoms with Crippen LogP contribution in [0.5, 0.6) is 0 Å². The molecule has 0 radical (unpaired) electrons. The highest BCUT2D eigenvalue weighted by Crippen LogP contribution is 2.56. The monoisotopic (exact) mass is 480 g/mol. The molecular weight excluding hydrogens is 455 g/mol. The zero-order chi connectivity index (χ0) is 22.9. The summed E-state index contributed by atoms with van der Waals surface area (Å²) in [6.07, 6.45) is 0. The maximum Gasteiger partial charge on any atom is 0.329 e. The molecule has 2 heterocycles. The van der Waals surface area contributed by atoms with Gasteiger partial charge in [0, 0.05) is 17.1 Å². The SMILES string of the molecule is O=C1N(c2ccccc2)C2CSC(P(c3ccccc3)c3ccccc3)C2N1c1ccccc1. The predicted octanol–water partition coefficient (Wildman–Crippen LogP) is 6.08. The number of carbonyl (C=O) groups excluding carboxylic acids is 1. The molecule has 0 saturated carbocycles. The average Bonchev–Trinajstić information content (AvgIpc) is 3.43. The minimum absolute atomic E-state index is 0.0776. The van der Waals surface area contributed by atoms with E-state index in [1.807, 2.05) is 53.1 Å². The fraction of sp³-hybridized carbons (Fsp3) is 0.138. The number of thioether (sulfide) groups is 1. The first-order valence-corrected chi connectivity index (χ1v) is 14.0. The predicted molar refractivity (Wildman–Crippen MR) is 146 cm³/mol. The van der Waals surface area contributed by atoms with E-state index in [0.717, 1.165) is 17.1 Å². The number of urea groups is 1. The summed E-state index contributed by atoms with van der Waals surface area (Å²) in [5.41, 5.74) is 1.95. The van der Waals surface area contributed by atoms with Crippen molar-refractivity contribution in [2.24, 2.45) is 0 Å². The van der Waals surface area contributed by atoms with E-state index in [4.69, 9.17) is 0 Å². The van der Waals surface area contributed by atoms with Crippen LogP contribution in [0.1, 0.15) is 0 Å². The van der Waals surface area contributed by atoms with E-state index in [1.54, 1.807) is 0 Å². The molecule has 6 rings (SSSR count). The van der Waals surface area contributed by atoms with Gasteiger partial charge in [-0.3, -0.25) is 9.80 Å². The van der Waals surface area contributed by atoms with Crippen LogP contribution in [0.25, 0.3) is 0 Å². The molecule has 168 valence electrons. The number of anilines is 2. The van der Waals surface area contributed by atoms with Crippen molar-refractivity contribution in [2.45, 2.75) is 17.1 Å². The number of hydrogen-bond donors (Lipinski definition) is 0. The second-order valence-corrected chi connectivity index (χ2v) is 12.4. The second kappa shape index (κ2) is 9.29. The van der Waals surface area contributed by atoms with Gasteiger partial charge in [-0.05, 0) is 42.8 Å². The number of carbonyl (C=O) groups is 1. The summed E-state index contributed by atoms with van der Waals surface area (Å²) < 4.78 is 0. The molecule has 2 amide bonds. The summed E-state index contributed by atoms with van der Waals surface area (Å²) in [5, 5.41) is 2.72. The third kappa shape index (κ3) is 3.72. The first-order valence-electron chi connectivity index (χ1n) is 11.6. The van der Waals surface area contributed by atoms with Gasteiger partial charge in [-0.15, -0.1) is 11.8 Å². The number of benzene rings is 4. The molecule has 2 saturated heterocycles. The Balaban J connectivity index is 1.48. The number of hydrogen-bond acceptors (Lipinski definition) is 2. The summed E-state index contributed by atoms with van der Waals surface area (Å²) in [6, 6.07) is 42.4. The maximum atomic E-state index is 14.0. The number of amides is 2. The third-order valence-corrected chi connectivity index (χ3v) is 11.3. The molecule has 3 nitrogen and oxygen atoms in total. The van der Waals surface area contributed by atoms with Gasteiger partial charge >= 0.3 is 6.03 Å². The lowest BCUT2D eigenvalue weighted by Gasteiger charge is -2.33. The lowest BCUT2D eigenvalue weighted by Crippen LogP contribution is -2.42. The Kier molecular flexibility index (Phi) is 5.86. The first kappa shape index (κ1) is 21.5. The van der Waals surface area contributed by atoms with Crippen LogP contribution < -0.4 is 20.4 Å². The molecule has 0 aliphatic carbocycles. The normalized spacial score (nSPS) is 21.8. The Morgan fingerprint density at radius 3 is 1.56 bits per heavy atom. The smallest absolute Gasteiger partial charge is 0.288 e. The highest BCUT2D eigenvalue weighted by molar-refractivity contribution is 8.08. The minimum Gasteiger partial charge on any atom is -0.288 e. The fourth-order valence-corrected chi connectivity index (χ4v) is 10.4. The van der Waals surface area contributed by atoms with Gasteiger partial charge < -0.3 is 0 Å². The van der Waals surface area contributed by atoms with E-state index in [2.05, 4.69) is 89.8 Å². The van der Waals surface area contributed by atoms with Crippen molar-refractivity contribution in [3.05, 3.63) is 121 Å². The van der Waals surface area contributed by atoms with Crippen LogP contribution in [0.4, 0.5) is 16.2 Å². The number of para-hydroxylation sites is 2. The summed E-state index contributed by atoms with van der Waals surface area (Å²) in [6.45, 7) is 0. The molecule has 0 N–H and O–H groups in total. The Labute approximate surface area is 206 Å². The quantitative estimate of drug-likeness (QED) is 0.255. The maximum absolute atomic E-state index is 14.0. The molecule has 0 aromatic heterocycles. The van der Waals surface area contributed by atoms with Crippen molar-refractivity contribution >= 4 is 47.7 Å². The average molecular weight is 481 g/mol. The van der Waals surface area contributed by atoms with E-state index < -0.39 is 7.92 Å². The zero-order valence-corrected chi connectivity index (χ0v) is 20.4. The molecule has 5 heteroatoms. The summed E-state index contributed by atoms with van der Waals surface area (Å²) in [4.78, 5) is 18.4. The topological polar surface area (TPSA) is 23.6 Å². The molecule has 2 aliphatic heterocycles. The fourth-order valence-electron chi connectivity index (χ4n) is 5.11. The van der Waals surface area contributed by atoms with Crippen LogP contribution in [-0.4, -0.2) is 28.9 Å². The molecule has 34 heavy (non-hydrogen) atoms. The summed E-state index contributed by atoms with van der Waals surface area (Å²) >= 11 is 2.02. The third-order valence-electron chi connectivity index (χ3n) is 6.56. The Morgan fingerprint density at radius 2 is 1.06 bits per heavy atom. The summed E-state index contributed by atoms with van der Waals surface area (Å²) in [5.74, 6) is 0.928. The molecular formula is C29H25N2OPS. The molecule has 4 aromatic rings. The minimum atomic E-state index is -0.665. The molecule has 2 fully saturated rings. The van der Waals surface area contributed by atoms with Gasteiger partial charge in [0.05, 0.1) is 17.1 Å². The van der Waals surface area contributed by atoms with Crippen molar-refractivity contribution in [3.8, 4) is 0 Å². The molecule has 0 bridgehead atoms. The lowest BCUT2D eigenvalue weighted by atomic mass is 10.1. The van der Waals surface area contributed by atoms with Gasteiger partial charge in [0.1, 0.15) is 0 Å². The Bertz CT molecular complexity index is 1220. The van der Waals surface area contributed by atoms with Crippen LogP contribution >= 0.6 is 19.7 Å². The standard InChI is InChI=1S/C29H25N2OPS/c32-29-30(22-13-5-1-6-14-22)26-21-34-28(27(26)31(29)23-15-7-2-8-16-23)33(24-17-9-3-10-18-24)25-19-11-4-12-20-25/h1-20,26-28H,21H2. The Morgan fingerprint density at radius 1 is 0.618 bits per heavy atom. The van der Waals surface area contributed by atoms with E-state index in [-0.39, 0.29) is 18.1 Å². The van der Waals surface area contributed by atoms with E-state index in [1.165, 1.54) is 10.6 Å². The van der Waals surface area contributed by atoms with Crippen LogP contribution in [-0.2, 0) is 0 Å². The van der Waals surface area contributed by atoms with E-state index in [9.17, 15) is 4.79 Å². The second-order valence-electron chi connectivity index (χ2n) is 8.52. The van der Waals surface area contributed by atoms with Gasteiger partial charge in [-0.1, -0.05) is 97.1 Å². The van der Waals surface area contributed by atoms with Crippen molar-refractivity contribution < 1.29 is 4.79 Å². The van der Waals surface area contributed by atoms with Crippen molar-refractivity contribution in [1.29, 1.82) is 0 Å². The van der Waals surface area contributed by atoms with Gasteiger partial charge in [-0.2, -0.15) is 0 Å². The van der Waals surface area contributed by atoms with Gasteiger partial charge in [-0.25, -0.2) is 4.79 Å². The highest BCUT2D eigenvalue weighted by Gasteiger charge is 2.56. The van der Waals surface area contributed by atoms with Gasteiger partial charge in [0.2, 0.25) is 0 Å². The van der Waals surface area contributed by atoms with Gasteiger partial charge in [0.25, 0.3) is 0 Å². The van der Waals surface area contributed by atoms with Gasteiger partial charge in [0.15, 0.2) is 0 Å². The van der Waals surface area contributed by atoms with Crippen LogP contribution in [0.3, 0.4) is 0 Å². The largest absolute Gasteiger partial charge is 0.329 e. The zero-order valence-electron chi connectivity index (χ0n) is 18.6. The van der Waals surface area contributed by atoms with Crippen LogP contribution in [0, 0.1) is 0 Å². The molecule has 4 aromatic carbocycles. The molecule has 3 atom stereocenters. The molecule has 2 aliphatic rings. The van der Waals surface area contributed by atoms with E-state index >= 15 is 0 Å². The highest BCUT2D eigenvalue weighted by atomic mass is 32.2. The number of rotatable bonds is 5. The van der Waals surface area contributed by atoms with Crippen LogP contribution in [0.2, 0.25) is 0 Å². The molecule has 3 unspecified atom stereocenters. The number of fused-ring (bicyclic) bond motifs is 1. The molecule has 0 spiro atoms. The Hall–Kier alpha value is -3.07. The van der Waals surface area contributed by atoms with Crippen molar-refractivity contribution in [3.63, 3.8) is 0 Å². The van der Waals surface area contributed by atoms with Crippen molar-refractivity contribution in [2.75, 3.05) is 15.6 Å². The lowest BCUT2D eigenvalue weighted by molar-refractivity contribution is 0.255.